The van der Waals surface area contributed by atoms with E-state index in [2.05, 4.69) is 0 Å². The Morgan fingerprint density at radius 1 is 1.40 bits per heavy atom. The molecular formula is C15H19NO4. The minimum atomic E-state index is -0.773. The molecule has 0 saturated carbocycles. The molecule has 2 atom stereocenters. The van der Waals surface area contributed by atoms with E-state index in [1.807, 2.05) is 6.92 Å². The number of carbonyl (C=O) groups excluding carboxylic acids is 1. The summed E-state index contributed by atoms with van der Waals surface area (Å²) in [5.74, 6) is -0.547. The summed E-state index contributed by atoms with van der Waals surface area (Å²) in [5, 5.41) is 9.05. The topological polar surface area (TPSA) is 66.8 Å². The summed E-state index contributed by atoms with van der Waals surface area (Å²) in [6.45, 7) is 2.38. The molecule has 0 radical (unpaired) electrons. The molecule has 0 spiro atoms. The van der Waals surface area contributed by atoms with Gasteiger partial charge in [0.1, 0.15) is 5.75 Å². The van der Waals surface area contributed by atoms with E-state index < -0.39 is 5.97 Å². The Morgan fingerprint density at radius 2 is 2.15 bits per heavy atom. The second-order valence-corrected chi connectivity index (χ2v) is 5.14. The van der Waals surface area contributed by atoms with Crippen molar-refractivity contribution >= 4 is 11.9 Å². The summed E-state index contributed by atoms with van der Waals surface area (Å²) in [6.07, 6.45) is 1.01. The van der Waals surface area contributed by atoms with Gasteiger partial charge in [-0.25, -0.2) is 0 Å². The van der Waals surface area contributed by atoms with Crippen molar-refractivity contribution in [3.8, 4) is 5.75 Å². The number of aliphatic carboxylic acids is 1. The lowest BCUT2D eigenvalue weighted by Crippen LogP contribution is -2.46. The van der Waals surface area contributed by atoms with Crippen LogP contribution in [0.3, 0.4) is 0 Å². The van der Waals surface area contributed by atoms with Crippen LogP contribution in [0.1, 0.15) is 30.1 Å². The van der Waals surface area contributed by atoms with Gasteiger partial charge < -0.3 is 14.7 Å². The van der Waals surface area contributed by atoms with Crippen LogP contribution in [0.2, 0.25) is 0 Å². The van der Waals surface area contributed by atoms with E-state index in [-0.39, 0.29) is 17.9 Å². The van der Waals surface area contributed by atoms with Crippen LogP contribution in [-0.2, 0) is 4.79 Å². The highest BCUT2D eigenvalue weighted by molar-refractivity contribution is 5.95. The average molecular weight is 277 g/mol. The number of methoxy groups -OCH3 is 1. The van der Waals surface area contributed by atoms with Crippen molar-refractivity contribution in [1.29, 1.82) is 0 Å². The van der Waals surface area contributed by atoms with Gasteiger partial charge in [0.2, 0.25) is 0 Å². The summed E-state index contributed by atoms with van der Waals surface area (Å²) in [4.78, 5) is 25.2. The molecule has 108 valence electrons. The molecule has 20 heavy (non-hydrogen) atoms. The number of amides is 1. The molecule has 1 aliphatic rings. The summed E-state index contributed by atoms with van der Waals surface area (Å²) in [6, 6.07) is 6.96. The fourth-order valence-corrected chi connectivity index (χ4v) is 2.62. The zero-order valence-corrected chi connectivity index (χ0v) is 11.7. The van der Waals surface area contributed by atoms with Crippen LogP contribution >= 0.6 is 0 Å². The normalized spacial score (nSPS) is 22.4. The van der Waals surface area contributed by atoms with Gasteiger partial charge in [0.15, 0.2) is 0 Å². The first-order valence-electron chi connectivity index (χ1n) is 6.70. The van der Waals surface area contributed by atoms with Crippen LogP contribution in [0.4, 0.5) is 0 Å². The predicted molar refractivity (Wildman–Crippen MR) is 73.9 cm³/mol. The third-order valence-corrected chi connectivity index (χ3v) is 3.80. The highest BCUT2D eigenvalue weighted by atomic mass is 16.5. The van der Waals surface area contributed by atoms with Crippen LogP contribution in [0.5, 0.6) is 5.75 Å². The smallest absolute Gasteiger partial charge is 0.306 e. The third kappa shape index (κ3) is 2.92. The molecule has 0 aliphatic carbocycles. The molecule has 1 aromatic rings. The van der Waals surface area contributed by atoms with Gasteiger partial charge in [0.25, 0.3) is 5.91 Å². The van der Waals surface area contributed by atoms with Gasteiger partial charge in [-0.15, -0.1) is 0 Å². The molecule has 1 amide bonds. The summed E-state index contributed by atoms with van der Waals surface area (Å²) >= 11 is 0. The first-order valence-corrected chi connectivity index (χ1v) is 6.70. The van der Waals surface area contributed by atoms with Gasteiger partial charge >= 0.3 is 5.97 Å². The van der Waals surface area contributed by atoms with Crippen LogP contribution in [0, 0.1) is 5.92 Å². The molecule has 0 aromatic heterocycles. The van der Waals surface area contributed by atoms with E-state index in [1.54, 1.807) is 36.3 Å². The Kier molecular flexibility index (Phi) is 4.27. The molecule has 0 bridgehead atoms. The number of benzene rings is 1. The molecule has 1 saturated heterocycles. The highest BCUT2D eigenvalue weighted by Gasteiger charge is 2.32. The van der Waals surface area contributed by atoms with Gasteiger partial charge in [-0.2, -0.15) is 0 Å². The molecule has 1 N–H and O–H groups in total. The monoisotopic (exact) mass is 277 g/mol. The number of hydrogen-bond donors (Lipinski definition) is 1. The van der Waals surface area contributed by atoms with Crippen molar-refractivity contribution in [1.82, 2.24) is 4.90 Å². The Balaban J connectivity index is 2.11. The first-order chi connectivity index (χ1) is 9.52. The lowest BCUT2D eigenvalue weighted by molar-refractivity contribution is -0.143. The number of carboxylic acids is 1. The van der Waals surface area contributed by atoms with E-state index in [0.717, 1.165) is 0 Å². The van der Waals surface area contributed by atoms with Crippen molar-refractivity contribution in [2.24, 2.45) is 5.92 Å². The summed E-state index contributed by atoms with van der Waals surface area (Å²) < 4.78 is 5.12. The van der Waals surface area contributed by atoms with E-state index in [1.165, 1.54) is 0 Å². The number of nitrogens with zero attached hydrogens (tertiary/aromatic N) is 1. The minimum absolute atomic E-state index is 0.0662. The van der Waals surface area contributed by atoms with Crippen molar-refractivity contribution in [2.45, 2.75) is 25.8 Å². The zero-order chi connectivity index (χ0) is 14.7. The molecular weight excluding hydrogens is 258 g/mol. The minimum Gasteiger partial charge on any atom is -0.497 e. The first kappa shape index (κ1) is 14.4. The van der Waals surface area contributed by atoms with E-state index in [4.69, 9.17) is 9.84 Å². The van der Waals surface area contributed by atoms with Crippen LogP contribution in [0.15, 0.2) is 24.3 Å². The maximum absolute atomic E-state index is 12.5. The SMILES string of the molecule is COc1cccc(C(=O)N2CCC(C(=O)O)CC2C)c1. The Labute approximate surface area is 118 Å². The number of piperidine rings is 1. The fraction of sp³-hybridized carbons (Fsp3) is 0.467. The number of carbonyl (C=O) groups is 2. The van der Waals surface area contributed by atoms with Gasteiger partial charge in [0.05, 0.1) is 13.0 Å². The molecule has 2 unspecified atom stereocenters. The van der Waals surface area contributed by atoms with Gasteiger partial charge in [0, 0.05) is 18.2 Å². The maximum Gasteiger partial charge on any atom is 0.306 e. The molecule has 5 nitrogen and oxygen atoms in total. The Morgan fingerprint density at radius 3 is 2.75 bits per heavy atom. The van der Waals surface area contributed by atoms with Crippen molar-refractivity contribution in [2.75, 3.05) is 13.7 Å². The number of rotatable bonds is 3. The fourth-order valence-electron chi connectivity index (χ4n) is 2.62. The second-order valence-electron chi connectivity index (χ2n) is 5.14. The largest absolute Gasteiger partial charge is 0.497 e. The van der Waals surface area contributed by atoms with Gasteiger partial charge in [-0.3, -0.25) is 9.59 Å². The van der Waals surface area contributed by atoms with Crippen molar-refractivity contribution in [3.63, 3.8) is 0 Å². The number of carboxylic acid groups (broad SMARTS) is 1. The Bertz CT molecular complexity index is 514. The molecule has 1 aliphatic heterocycles. The number of hydrogen-bond acceptors (Lipinski definition) is 3. The lowest BCUT2D eigenvalue weighted by Gasteiger charge is -2.36. The van der Waals surface area contributed by atoms with Crippen molar-refractivity contribution in [3.05, 3.63) is 29.8 Å². The average Bonchev–Trinajstić information content (AvgIpc) is 2.46. The number of ether oxygens (including phenoxy) is 1. The summed E-state index contributed by atoms with van der Waals surface area (Å²) in [7, 11) is 1.56. The molecule has 1 fully saturated rings. The van der Waals surface area contributed by atoms with Crippen LogP contribution in [0.25, 0.3) is 0 Å². The predicted octanol–water partition coefficient (Wildman–Crippen LogP) is 2.02. The van der Waals surface area contributed by atoms with Gasteiger partial charge in [-0.05, 0) is 38.0 Å². The van der Waals surface area contributed by atoms with Crippen molar-refractivity contribution < 1.29 is 19.4 Å². The van der Waals surface area contributed by atoms with Gasteiger partial charge in [-0.1, -0.05) is 6.07 Å². The lowest BCUT2D eigenvalue weighted by atomic mass is 9.91. The van der Waals surface area contributed by atoms with E-state index >= 15 is 0 Å². The van der Waals surface area contributed by atoms with Crippen LogP contribution in [-0.4, -0.2) is 41.6 Å². The quantitative estimate of drug-likeness (QED) is 0.918. The third-order valence-electron chi connectivity index (χ3n) is 3.80. The standard InChI is InChI=1S/C15H19NO4/c1-10-8-12(15(18)19)6-7-16(10)14(17)11-4-3-5-13(9-11)20-2/h3-5,9-10,12H,6-8H2,1-2H3,(H,18,19). The number of likely N-dealkylation sites (tertiary alicyclic amines) is 1. The summed E-state index contributed by atoms with van der Waals surface area (Å²) in [5.41, 5.74) is 0.574. The molecule has 1 heterocycles. The Hall–Kier alpha value is -2.04. The molecule has 2 rings (SSSR count). The maximum atomic E-state index is 12.5. The van der Waals surface area contributed by atoms with E-state index in [0.29, 0.717) is 30.7 Å². The highest BCUT2D eigenvalue weighted by Crippen LogP contribution is 2.25. The van der Waals surface area contributed by atoms with Crippen LogP contribution < -0.4 is 4.74 Å². The zero-order valence-electron chi connectivity index (χ0n) is 11.7. The molecule has 5 heteroatoms. The van der Waals surface area contributed by atoms with E-state index in [9.17, 15) is 9.59 Å². The molecule has 1 aromatic carbocycles. The second kappa shape index (κ2) is 5.94.